The summed E-state index contributed by atoms with van der Waals surface area (Å²) in [6.45, 7) is 3.57. The minimum atomic E-state index is -0.0512. The van der Waals surface area contributed by atoms with Crippen molar-refractivity contribution in [3.8, 4) is 0 Å². The standard InChI is InChI=1S/C22H32N2O2/c1-2-20(18-10-4-3-5-11-18)22(26)24-14-12-19(13-15-24)23-21(25)16-17-8-6-7-9-17/h3-5,10-11,17,19-20H,2,6-9,12-16H2,1H3,(H,23,25). The zero-order valence-electron chi connectivity index (χ0n) is 16.0. The van der Waals surface area contributed by atoms with Gasteiger partial charge in [-0.15, -0.1) is 0 Å². The number of rotatable bonds is 6. The van der Waals surface area contributed by atoms with Crippen molar-refractivity contribution in [2.24, 2.45) is 5.92 Å². The average molecular weight is 357 g/mol. The molecule has 1 aromatic carbocycles. The molecule has 1 unspecified atom stereocenters. The van der Waals surface area contributed by atoms with Crippen molar-refractivity contribution in [3.05, 3.63) is 35.9 Å². The lowest BCUT2D eigenvalue weighted by atomic mass is 9.93. The lowest BCUT2D eigenvalue weighted by Crippen LogP contribution is -2.47. The van der Waals surface area contributed by atoms with Gasteiger partial charge >= 0.3 is 0 Å². The number of amides is 2. The van der Waals surface area contributed by atoms with Gasteiger partial charge in [0.05, 0.1) is 5.92 Å². The third-order valence-electron chi connectivity index (χ3n) is 6.03. The summed E-state index contributed by atoms with van der Waals surface area (Å²) in [4.78, 5) is 27.1. The van der Waals surface area contributed by atoms with Gasteiger partial charge in [0.1, 0.15) is 0 Å². The fourth-order valence-electron chi connectivity index (χ4n) is 4.47. The van der Waals surface area contributed by atoms with E-state index < -0.39 is 0 Å². The van der Waals surface area contributed by atoms with Crippen LogP contribution in [-0.4, -0.2) is 35.8 Å². The van der Waals surface area contributed by atoms with Crippen molar-refractivity contribution >= 4 is 11.8 Å². The Morgan fingerprint density at radius 1 is 1.08 bits per heavy atom. The van der Waals surface area contributed by atoms with Gasteiger partial charge in [-0.1, -0.05) is 50.1 Å². The molecule has 1 aromatic rings. The quantitative estimate of drug-likeness (QED) is 0.841. The lowest BCUT2D eigenvalue weighted by molar-refractivity contribution is -0.134. The zero-order chi connectivity index (χ0) is 18.4. The number of hydrogen-bond donors (Lipinski definition) is 1. The molecule has 0 bridgehead atoms. The molecule has 4 heteroatoms. The van der Waals surface area contributed by atoms with E-state index in [1.165, 1.54) is 25.7 Å². The monoisotopic (exact) mass is 356 g/mol. The molecule has 3 rings (SSSR count). The Morgan fingerprint density at radius 3 is 2.35 bits per heavy atom. The summed E-state index contributed by atoms with van der Waals surface area (Å²) >= 11 is 0. The van der Waals surface area contributed by atoms with Crippen LogP contribution in [-0.2, 0) is 9.59 Å². The molecule has 0 spiro atoms. The summed E-state index contributed by atoms with van der Waals surface area (Å²) in [5.41, 5.74) is 1.10. The fraction of sp³-hybridized carbons (Fsp3) is 0.636. The van der Waals surface area contributed by atoms with Crippen LogP contribution in [0.3, 0.4) is 0 Å². The number of carbonyl (C=O) groups excluding carboxylic acids is 2. The Hall–Kier alpha value is -1.84. The highest BCUT2D eigenvalue weighted by molar-refractivity contribution is 5.84. The van der Waals surface area contributed by atoms with Crippen molar-refractivity contribution in [2.45, 2.75) is 70.3 Å². The highest BCUT2D eigenvalue weighted by Crippen LogP contribution is 2.28. The molecule has 1 saturated heterocycles. The molecule has 2 fully saturated rings. The molecule has 4 nitrogen and oxygen atoms in total. The first kappa shape index (κ1) is 18.9. The SMILES string of the molecule is CCC(C(=O)N1CCC(NC(=O)CC2CCCC2)CC1)c1ccccc1. The molecule has 1 aliphatic heterocycles. The predicted molar refractivity (Wildman–Crippen MR) is 104 cm³/mol. The molecule has 2 amide bonds. The van der Waals surface area contributed by atoms with Gasteiger partial charge in [-0.3, -0.25) is 9.59 Å². The van der Waals surface area contributed by atoms with Crippen molar-refractivity contribution in [1.82, 2.24) is 10.2 Å². The van der Waals surface area contributed by atoms with E-state index in [0.717, 1.165) is 37.9 Å². The second-order valence-corrected chi connectivity index (χ2v) is 7.89. The van der Waals surface area contributed by atoms with E-state index in [0.29, 0.717) is 12.3 Å². The van der Waals surface area contributed by atoms with Crippen LogP contribution in [0.2, 0.25) is 0 Å². The normalized spacial score (nSPS) is 20.1. The molecule has 142 valence electrons. The molecule has 1 aliphatic carbocycles. The Bertz CT molecular complexity index is 587. The molecule has 1 saturated carbocycles. The first-order chi connectivity index (χ1) is 12.7. The van der Waals surface area contributed by atoms with Gasteiger partial charge in [-0.25, -0.2) is 0 Å². The molecule has 1 heterocycles. The van der Waals surface area contributed by atoms with E-state index in [1.807, 2.05) is 35.2 Å². The largest absolute Gasteiger partial charge is 0.353 e. The molecule has 0 radical (unpaired) electrons. The zero-order valence-corrected chi connectivity index (χ0v) is 16.0. The molecular formula is C22H32N2O2. The van der Waals surface area contributed by atoms with Gasteiger partial charge < -0.3 is 10.2 Å². The van der Waals surface area contributed by atoms with Crippen LogP contribution in [0, 0.1) is 5.92 Å². The van der Waals surface area contributed by atoms with Crippen LogP contribution >= 0.6 is 0 Å². The third kappa shape index (κ3) is 4.87. The van der Waals surface area contributed by atoms with Crippen LogP contribution in [0.25, 0.3) is 0 Å². The van der Waals surface area contributed by atoms with E-state index >= 15 is 0 Å². The van der Waals surface area contributed by atoms with Crippen molar-refractivity contribution in [2.75, 3.05) is 13.1 Å². The first-order valence-electron chi connectivity index (χ1n) is 10.3. The maximum atomic E-state index is 12.9. The number of likely N-dealkylation sites (tertiary alicyclic amines) is 1. The summed E-state index contributed by atoms with van der Waals surface area (Å²) in [6, 6.07) is 10.3. The summed E-state index contributed by atoms with van der Waals surface area (Å²) in [5, 5.41) is 3.20. The second kappa shape index (κ2) is 9.20. The Balaban J connectivity index is 1.46. The van der Waals surface area contributed by atoms with Gasteiger partial charge in [-0.2, -0.15) is 0 Å². The maximum Gasteiger partial charge on any atom is 0.230 e. The lowest BCUT2D eigenvalue weighted by Gasteiger charge is -2.34. The van der Waals surface area contributed by atoms with Gasteiger partial charge in [0.2, 0.25) is 11.8 Å². The van der Waals surface area contributed by atoms with Crippen LogP contribution in [0.4, 0.5) is 0 Å². The first-order valence-corrected chi connectivity index (χ1v) is 10.3. The van der Waals surface area contributed by atoms with Crippen LogP contribution in [0.15, 0.2) is 30.3 Å². The summed E-state index contributed by atoms with van der Waals surface area (Å²) in [7, 11) is 0. The molecule has 0 aromatic heterocycles. The van der Waals surface area contributed by atoms with Gasteiger partial charge in [0, 0.05) is 25.6 Å². The van der Waals surface area contributed by atoms with E-state index in [-0.39, 0.29) is 23.8 Å². The maximum absolute atomic E-state index is 12.9. The van der Waals surface area contributed by atoms with Crippen LogP contribution < -0.4 is 5.32 Å². The van der Waals surface area contributed by atoms with Crippen molar-refractivity contribution < 1.29 is 9.59 Å². The van der Waals surface area contributed by atoms with Crippen LogP contribution in [0.1, 0.15) is 69.8 Å². The topological polar surface area (TPSA) is 49.4 Å². The number of nitrogens with zero attached hydrogens (tertiary/aromatic N) is 1. The number of carbonyl (C=O) groups is 2. The minimum absolute atomic E-state index is 0.0512. The van der Waals surface area contributed by atoms with Gasteiger partial charge in [0.25, 0.3) is 0 Å². The molecular weight excluding hydrogens is 324 g/mol. The van der Waals surface area contributed by atoms with Gasteiger partial charge in [-0.05, 0) is 43.6 Å². The molecule has 1 atom stereocenters. The minimum Gasteiger partial charge on any atom is -0.353 e. The fourth-order valence-corrected chi connectivity index (χ4v) is 4.47. The number of benzene rings is 1. The van der Waals surface area contributed by atoms with E-state index in [4.69, 9.17) is 0 Å². The highest BCUT2D eigenvalue weighted by Gasteiger charge is 2.29. The number of piperidine rings is 1. The molecule has 26 heavy (non-hydrogen) atoms. The summed E-state index contributed by atoms with van der Waals surface area (Å²) < 4.78 is 0. The Labute approximate surface area is 157 Å². The van der Waals surface area contributed by atoms with E-state index in [2.05, 4.69) is 12.2 Å². The van der Waals surface area contributed by atoms with Crippen molar-refractivity contribution in [1.29, 1.82) is 0 Å². The Morgan fingerprint density at radius 2 is 1.73 bits per heavy atom. The van der Waals surface area contributed by atoms with Crippen molar-refractivity contribution in [3.63, 3.8) is 0 Å². The molecule has 2 aliphatic rings. The van der Waals surface area contributed by atoms with Crippen LogP contribution in [0.5, 0.6) is 0 Å². The summed E-state index contributed by atoms with van der Waals surface area (Å²) in [6.07, 6.45) is 8.21. The Kier molecular flexibility index (Phi) is 6.70. The average Bonchev–Trinajstić information content (AvgIpc) is 3.16. The van der Waals surface area contributed by atoms with E-state index in [1.54, 1.807) is 0 Å². The second-order valence-electron chi connectivity index (χ2n) is 7.89. The van der Waals surface area contributed by atoms with Gasteiger partial charge in [0.15, 0.2) is 0 Å². The summed E-state index contributed by atoms with van der Waals surface area (Å²) in [5.74, 6) is 0.976. The molecule has 1 N–H and O–H groups in total. The third-order valence-corrected chi connectivity index (χ3v) is 6.03. The predicted octanol–water partition coefficient (Wildman–Crippen LogP) is 3.87. The highest BCUT2D eigenvalue weighted by atomic mass is 16.2. The number of hydrogen-bond acceptors (Lipinski definition) is 2. The number of nitrogens with one attached hydrogen (secondary N) is 1. The van der Waals surface area contributed by atoms with E-state index in [9.17, 15) is 9.59 Å². The smallest absolute Gasteiger partial charge is 0.230 e.